The molecule has 0 bridgehead atoms. The summed E-state index contributed by atoms with van der Waals surface area (Å²) in [5.41, 5.74) is 1.70. The van der Waals surface area contributed by atoms with Gasteiger partial charge < -0.3 is 4.74 Å². The molecule has 108 valence electrons. The summed E-state index contributed by atoms with van der Waals surface area (Å²) in [6, 6.07) is 1.97. The van der Waals surface area contributed by atoms with Gasteiger partial charge in [0, 0.05) is 6.61 Å². The predicted molar refractivity (Wildman–Crippen MR) is 80.3 cm³/mol. The number of nitrogens with zero attached hydrogens (tertiary/aromatic N) is 5. The highest BCUT2D eigenvalue weighted by Crippen LogP contribution is 2.32. The summed E-state index contributed by atoms with van der Waals surface area (Å²) in [6.07, 6.45) is 6.63. The van der Waals surface area contributed by atoms with Crippen LogP contribution in [0.2, 0.25) is 5.15 Å². The van der Waals surface area contributed by atoms with Crippen molar-refractivity contribution in [2.24, 2.45) is 0 Å². The third kappa shape index (κ3) is 2.31. The van der Waals surface area contributed by atoms with Crippen LogP contribution >= 0.6 is 23.1 Å². The highest BCUT2D eigenvalue weighted by Gasteiger charge is 2.20. The van der Waals surface area contributed by atoms with E-state index in [-0.39, 0.29) is 6.23 Å². The third-order valence-electron chi connectivity index (χ3n) is 3.59. The molecular weight excluding hydrogens is 310 g/mol. The van der Waals surface area contributed by atoms with Crippen molar-refractivity contribution in [2.45, 2.75) is 25.5 Å². The maximum atomic E-state index is 6.29. The molecule has 1 unspecified atom stereocenters. The lowest BCUT2D eigenvalue weighted by Crippen LogP contribution is -2.19. The molecule has 0 spiro atoms. The smallest absolute Gasteiger partial charge is 0.150 e. The van der Waals surface area contributed by atoms with Gasteiger partial charge in [0.15, 0.2) is 6.23 Å². The molecule has 0 N–H and O–H groups in total. The van der Waals surface area contributed by atoms with E-state index >= 15 is 0 Å². The Morgan fingerprint density at radius 2 is 2.29 bits per heavy atom. The van der Waals surface area contributed by atoms with Crippen LogP contribution in [0.5, 0.6) is 0 Å². The van der Waals surface area contributed by atoms with E-state index in [0.717, 1.165) is 47.3 Å². The van der Waals surface area contributed by atoms with Gasteiger partial charge in [-0.15, -0.1) is 5.10 Å². The number of rotatable bonds is 2. The highest BCUT2D eigenvalue weighted by molar-refractivity contribution is 7.09. The van der Waals surface area contributed by atoms with Gasteiger partial charge in [0.05, 0.1) is 33.9 Å². The van der Waals surface area contributed by atoms with E-state index in [9.17, 15) is 0 Å². The number of hydrogen-bond donors (Lipinski definition) is 0. The average Bonchev–Trinajstić information content (AvgIpc) is 3.18. The minimum absolute atomic E-state index is 0.0258. The van der Waals surface area contributed by atoms with Crippen molar-refractivity contribution in [2.75, 3.05) is 6.61 Å². The van der Waals surface area contributed by atoms with E-state index in [1.54, 1.807) is 12.4 Å². The number of hydrogen-bond acceptors (Lipinski definition) is 6. The molecule has 3 aromatic heterocycles. The number of aromatic nitrogens is 5. The van der Waals surface area contributed by atoms with Crippen molar-refractivity contribution < 1.29 is 4.74 Å². The molecule has 1 saturated heterocycles. The van der Waals surface area contributed by atoms with E-state index in [2.05, 4.69) is 19.7 Å². The summed E-state index contributed by atoms with van der Waals surface area (Å²) in [5.74, 6) is 0. The normalized spacial score (nSPS) is 19.2. The zero-order valence-electron chi connectivity index (χ0n) is 11.1. The molecule has 8 heteroatoms. The lowest BCUT2D eigenvalue weighted by atomic mass is 10.2. The van der Waals surface area contributed by atoms with Crippen LogP contribution in [0.4, 0.5) is 0 Å². The van der Waals surface area contributed by atoms with Gasteiger partial charge in [-0.25, -0.2) is 9.67 Å². The molecule has 6 nitrogen and oxygen atoms in total. The summed E-state index contributed by atoms with van der Waals surface area (Å²) < 4.78 is 11.6. The van der Waals surface area contributed by atoms with Gasteiger partial charge in [0.2, 0.25) is 0 Å². The maximum Gasteiger partial charge on any atom is 0.150 e. The van der Waals surface area contributed by atoms with Crippen LogP contribution in [-0.4, -0.2) is 31.0 Å². The van der Waals surface area contributed by atoms with Crippen LogP contribution in [-0.2, 0) is 4.74 Å². The zero-order chi connectivity index (χ0) is 14.2. The molecular formula is C13H12ClN5OS. The van der Waals surface area contributed by atoms with E-state index in [0.29, 0.717) is 5.15 Å². The number of fused-ring (bicyclic) bond motifs is 1. The Hall–Kier alpha value is -1.57. The van der Waals surface area contributed by atoms with Gasteiger partial charge >= 0.3 is 0 Å². The molecule has 4 rings (SSSR count). The molecule has 4 heterocycles. The van der Waals surface area contributed by atoms with E-state index < -0.39 is 0 Å². The number of ether oxygens (including phenoxy) is 1. The highest BCUT2D eigenvalue weighted by atomic mass is 35.5. The van der Waals surface area contributed by atoms with Crippen LogP contribution < -0.4 is 0 Å². The Morgan fingerprint density at radius 1 is 1.33 bits per heavy atom. The SMILES string of the molecule is Clc1nc(-c2cnns2)cc2c1cnn2C1CCCCO1. The van der Waals surface area contributed by atoms with Crippen molar-refractivity contribution in [3.63, 3.8) is 0 Å². The average molecular weight is 322 g/mol. The Morgan fingerprint density at radius 3 is 3.05 bits per heavy atom. The maximum absolute atomic E-state index is 6.29. The molecule has 21 heavy (non-hydrogen) atoms. The first-order valence-corrected chi connectivity index (χ1v) is 7.91. The molecule has 3 aromatic rings. The second-order valence-corrected chi connectivity index (χ2v) is 6.07. The van der Waals surface area contributed by atoms with Crippen LogP contribution in [0.15, 0.2) is 18.5 Å². The first-order chi connectivity index (χ1) is 10.3. The largest absolute Gasteiger partial charge is 0.356 e. The molecule has 0 radical (unpaired) electrons. The molecule has 0 amide bonds. The third-order valence-corrected chi connectivity index (χ3v) is 4.57. The fourth-order valence-electron chi connectivity index (χ4n) is 2.55. The molecule has 0 aromatic carbocycles. The summed E-state index contributed by atoms with van der Waals surface area (Å²) in [7, 11) is 0. The second-order valence-electron chi connectivity index (χ2n) is 4.92. The van der Waals surface area contributed by atoms with Crippen molar-refractivity contribution in [1.82, 2.24) is 24.4 Å². The van der Waals surface area contributed by atoms with Gasteiger partial charge in [0.25, 0.3) is 0 Å². The van der Waals surface area contributed by atoms with E-state index in [4.69, 9.17) is 16.3 Å². The lowest BCUT2D eigenvalue weighted by Gasteiger charge is -2.23. The monoisotopic (exact) mass is 321 g/mol. The Labute approximate surface area is 129 Å². The zero-order valence-corrected chi connectivity index (χ0v) is 12.6. The van der Waals surface area contributed by atoms with Crippen LogP contribution in [0.3, 0.4) is 0 Å². The van der Waals surface area contributed by atoms with Crippen molar-refractivity contribution in [1.29, 1.82) is 0 Å². The van der Waals surface area contributed by atoms with Crippen molar-refractivity contribution in [3.8, 4) is 10.6 Å². The quantitative estimate of drug-likeness (QED) is 0.677. The van der Waals surface area contributed by atoms with Gasteiger partial charge in [-0.05, 0) is 36.9 Å². The number of pyridine rings is 1. The van der Waals surface area contributed by atoms with Crippen LogP contribution in [0.1, 0.15) is 25.5 Å². The summed E-state index contributed by atoms with van der Waals surface area (Å²) in [5, 5.41) is 9.57. The molecule has 1 fully saturated rings. The Kier molecular flexibility index (Phi) is 3.33. The van der Waals surface area contributed by atoms with E-state index in [1.165, 1.54) is 11.5 Å². The van der Waals surface area contributed by atoms with E-state index in [1.807, 2.05) is 10.7 Å². The summed E-state index contributed by atoms with van der Waals surface area (Å²) in [4.78, 5) is 5.29. The van der Waals surface area contributed by atoms with Gasteiger partial charge in [-0.3, -0.25) is 0 Å². The molecule has 0 saturated carbocycles. The van der Waals surface area contributed by atoms with Crippen molar-refractivity contribution >= 4 is 34.0 Å². The minimum atomic E-state index is -0.0258. The Balaban J connectivity index is 1.85. The van der Waals surface area contributed by atoms with Gasteiger partial charge in [-0.2, -0.15) is 5.10 Å². The molecule has 1 aliphatic rings. The predicted octanol–water partition coefficient (Wildman–Crippen LogP) is 3.30. The molecule has 0 aliphatic carbocycles. The van der Waals surface area contributed by atoms with Gasteiger partial charge in [-0.1, -0.05) is 16.1 Å². The first-order valence-electron chi connectivity index (χ1n) is 6.76. The van der Waals surface area contributed by atoms with Crippen molar-refractivity contribution in [3.05, 3.63) is 23.6 Å². The second kappa shape index (κ2) is 5.32. The first kappa shape index (κ1) is 13.1. The van der Waals surface area contributed by atoms with Crippen LogP contribution in [0.25, 0.3) is 21.5 Å². The number of halogens is 1. The Bertz CT molecular complexity index is 766. The lowest BCUT2D eigenvalue weighted by molar-refractivity contribution is -0.0366. The topological polar surface area (TPSA) is 65.7 Å². The minimum Gasteiger partial charge on any atom is -0.356 e. The summed E-state index contributed by atoms with van der Waals surface area (Å²) in [6.45, 7) is 0.774. The fraction of sp³-hybridized carbons (Fsp3) is 0.385. The molecule has 1 aliphatic heterocycles. The van der Waals surface area contributed by atoms with Gasteiger partial charge in [0.1, 0.15) is 5.15 Å². The standard InChI is InChI=1S/C13H12ClN5OS/c14-13-8-6-16-19(12-3-1-2-4-20-12)10(8)5-9(17-13)11-7-15-18-21-11/h5-7,12H,1-4H2. The summed E-state index contributed by atoms with van der Waals surface area (Å²) >= 11 is 7.58. The fourth-order valence-corrected chi connectivity index (χ4v) is 3.27. The molecule has 1 atom stereocenters. The van der Waals surface area contributed by atoms with Crippen LogP contribution in [0, 0.1) is 0 Å².